The molecule has 1 N–H and O–H groups in total. The summed E-state index contributed by atoms with van der Waals surface area (Å²) in [5.41, 5.74) is 2.78. The van der Waals surface area contributed by atoms with Gasteiger partial charge in [0.1, 0.15) is 5.75 Å². The molecule has 0 bridgehead atoms. The minimum absolute atomic E-state index is 0.0104. The maximum Gasteiger partial charge on any atom is 0.241 e. The van der Waals surface area contributed by atoms with Gasteiger partial charge < -0.3 is 14.6 Å². The Hall–Kier alpha value is -3.68. The number of ether oxygens (including phenoxy) is 1. The van der Waals surface area contributed by atoms with E-state index in [0.29, 0.717) is 36.4 Å². The highest BCUT2D eigenvalue weighted by Crippen LogP contribution is 2.24. The summed E-state index contributed by atoms with van der Waals surface area (Å²) in [6.07, 6.45) is 2.60. The van der Waals surface area contributed by atoms with E-state index in [2.05, 4.69) is 32.5 Å². The van der Waals surface area contributed by atoms with Crippen LogP contribution in [0.1, 0.15) is 24.3 Å². The van der Waals surface area contributed by atoms with Crippen LogP contribution >= 0.6 is 11.6 Å². The predicted octanol–water partition coefficient (Wildman–Crippen LogP) is 5.86. The van der Waals surface area contributed by atoms with E-state index in [1.165, 1.54) is 5.56 Å². The van der Waals surface area contributed by atoms with Crippen molar-refractivity contribution in [3.05, 3.63) is 95.3 Å². The van der Waals surface area contributed by atoms with Gasteiger partial charge in [0.15, 0.2) is 0 Å². The van der Waals surface area contributed by atoms with Crippen molar-refractivity contribution in [2.45, 2.75) is 25.8 Å². The van der Waals surface area contributed by atoms with Crippen molar-refractivity contribution in [3.63, 3.8) is 0 Å². The molecule has 5 rings (SSSR count). The fourth-order valence-corrected chi connectivity index (χ4v) is 4.70. The van der Waals surface area contributed by atoms with Crippen LogP contribution in [0.25, 0.3) is 11.4 Å². The van der Waals surface area contributed by atoms with Crippen LogP contribution in [0.3, 0.4) is 0 Å². The smallest absolute Gasteiger partial charge is 0.241 e. The molecule has 1 saturated heterocycles. The molecule has 0 aliphatic carbocycles. The summed E-state index contributed by atoms with van der Waals surface area (Å²) in [6.45, 7) is 2.59. The highest BCUT2D eigenvalue weighted by molar-refractivity contribution is 6.30. The summed E-state index contributed by atoms with van der Waals surface area (Å²) < 4.78 is 11.4. The Morgan fingerprint density at radius 1 is 1.08 bits per heavy atom. The van der Waals surface area contributed by atoms with Gasteiger partial charge in [0, 0.05) is 35.3 Å². The standard InChI is InChI=1S/C29H29ClN4O3/c30-24-11-4-9-22(17-24)28-32-27(37-33-28)20-34-15-6-10-23(19-34)29(35)31-25-12-5-13-26(18-25)36-16-14-21-7-2-1-3-8-21/h1-5,7-9,11-13,17-18,23H,6,10,14-16,19-20H2,(H,31,35). The Morgan fingerprint density at radius 2 is 1.95 bits per heavy atom. The average molecular weight is 517 g/mol. The Balaban J connectivity index is 1.13. The minimum atomic E-state index is -0.119. The first-order chi connectivity index (χ1) is 18.1. The lowest BCUT2D eigenvalue weighted by Crippen LogP contribution is -2.40. The van der Waals surface area contributed by atoms with Gasteiger partial charge in [-0.2, -0.15) is 4.98 Å². The molecule has 0 radical (unpaired) electrons. The molecule has 4 aromatic rings. The lowest BCUT2D eigenvalue weighted by molar-refractivity contribution is -0.121. The number of carbonyl (C=O) groups is 1. The topological polar surface area (TPSA) is 80.5 Å². The molecule has 3 aromatic carbocycles. The predicted molar refractivity (Wildman–Crippen MR) is 143 cm³/mol. The van der Waals surface area contributed by atoms with Gasteiger partial charge in [0.05, 0.1) is 19.1 Å². The minimum Gasteiger partial charge on any atom is -0.493 e. The summed E-state index contributed by atoms with van der Waals surface area (Å²) in [5, 5.41) is 7.78. The molecule has 0 saturated carbocycles. The van der Waals surface area contributed by atoms with Gasteiger partial charge >= 0.3 is 0 Å². The molecule has 37 heavy (non-hydrogen) atoms. The summed E-state index contributed by atoms with van der Waals surface area (Å²) in [7, 11) is 0. The zero-order chi connectivity index (χ0) is 25.5. The van der Waals surface area contributed by atoms with E-state index in [9.17, 15) is 4.79 Å². The molecule has 1 amide bonds. The number of nitrogens with zero attached hydrogens (tertiary/aromatic N) is 3. The van der Waals surface area contributed by atoms with E-state index in [1.54, 1.807) is 12.1 Å². The molecule has 8 heteroatoms. The largest absolute Gasteiger partial charge is 0.493 e. The van der Waals surface area contributed by atoms with Crippen LogP contribution in [0.5, 0.6) is 5.75 Å². The lowest BCUT2D eigenvalue weighted by Gasteiger charge is -2.30. The molecular weight excluding hydrogens is 488 g/mol. The van der Waals surface area contributed by atoms with Gasteiger partial charge in [-0.05, 0) is 49.2 Å². The van der Waals surface area contributed by atoms with E-state index in [0.717, 1.165) is 42.8 Å². The molecule has 2 heterocycles. The first-order valence-corrected chi connectivity index (χ1v) is 12.9. The Bertz CT molecular complexity index is 1330. The second-order valence-electron chi connectivity index (χ2n) is 9.20. The van der Waals surface area contributed by atoms with Gasteiger partial charge in [-0.3, -0.25) is 9.69 Å². The fourth-order valence-electron chi connectivity index (χ4n) is 4.51. The van der Waals surface area contributed by atoms with Crippen LogP contribution in [-0.2, 0) is 17.8 Å². The van der Waals surface area contributed by atoms with Crippen LogP contribution in [0, 0.1) is 5.92 Å². The molecule has 1 aliphatic heterocycles. The van der Waals surface area contributed by atoms with Crippen molar-refractivity contribution in [2.24, 2.45) is 5.92 Å². The number of nitrogens with one attached hydrogen (secondary N) is 1. The Kier molecular flexibility index (Phi) is 8.13. The van der Waals surface area contributed by atoms with Gasteiger partial charge in [-0.15, -0.1) is 0 Å². The number of benzene rings is 3. The molecule has 1 unspecified atom stereocenters. The van der Waals surface area contributed by atoms with Crippen LogP contribution in [0.15, 0.2) is 83.4 Å². The highest BCUT2D eigenvalue weighted by Gasteiger charge is 2.27. The van der Waals surface area contributed by atoms with E-state index in [-0.39, 0.29) is 11.8 Å². The molecule has 1 aromatic heterocycles. The number of likely N-dealkylation sites (tertiary alicyclic amines) is 1. The zero-order valence-corrected chi connectivity index (χ0v) is 21.2. The first-order valence-electron chi connectivity index (χ1n) is 12.5. The van der Waals surface area contributed by atoms with Gasteiger partial charge in [-0.1, -0.05) is 65.3 Å². The highest BCUT2D eigenvalue weighted by atomic mass is 35.5. The fraction of sp³-hybridized carbons (Fsp3) is 0.276. The van der Waals surface area contributed by atoms with E-state index in [1.807, 2.05) is 54.6 Å². The van der Waals surface area contributed by atoms with Gasteiger partial charge in [-0.25, -0.2) is 0 Å². The number of carbonyl (C=O) groups excluding carboxylic acids is 1. The number of aromatic nitrogens is 2. The van der Waals surface area contributed by atoms with Crippen molar-refractivity contribution in [2.75, 3.05) is 25.0 Å². The van der Waals surface area contributed by atoms with Crippen LogP contribution in [-0.4, -0.2) is 40.6 Å². The van der Waals surface area contributed by atoms with Crippen molar-refractivity contribution in [1.29, 1.82) is 0 Å². The van der Waals surface area contributed by atoms with Crippen LogP contribution in [0.4, 0.5) is 5.69 Å². The third-order valence-corrected chi connectivity index (χ3v) is 6.63. The normalized spacial score (nSPS) is 15.9. The summed E-state index contributed by atoms with van der Waals surface area (Å²) >= 11 is 6.08. The number of halogens is 1. The number of rotatable bonds is 9. The van der Waals surface area contributed by atoms with E-state index >= 15 is 0 Å². The zero-order valence-electron chi connectivity index (χ0n) is 20.5. The first kappa shape index (κ1) is 25.0. The van der Waals surface area contributed by atoms with Crippen LogP contribution in [0.2, 0.25) is 5.02 Å². The second kappa shape index (κ2) is 12.0. The Labute approximate surface area is 221 Å². The maximum atomic E-state index is 13.1. The van der Waals surface area contributed by atoms with Gasteiger partial charge in [0.25, 0.3) is 0 Å². The number of hydrogen-bond acceptors (Lipinski definition) is 6. The molecule has 190 valence electrons. The third kappa shape index (κ3) is 6.96. The SMILES string of the molecule is O=C(Nc1cccc(OCCc2ccccc2)c1)C1CCCN(Cc2nc(-c3cccc(Cl)c3)no2)C1. The average Bonchev–Trinajstić information content (AvgIpc) is 3.38. The molecule has 1 atom stereocenters. The van der Waals surface area contributed by atoms with Gasteiger partial charge in [0.2, 0.25) is 17.6 Å². The monoisotopic (exact) mass is 516 g/mol. The lowest BCUT2D eigenvalue weighted by atomic mass is 9.97. The summed E-state index contributed by atoms with van der Waals surface area (Å²) in [5.74, 6) is 1.67. The second-order valence-corrected chi connectivity index (χ2v) is 9.63. The third-order valence-electron chi connectivity index (χ3n) is 6.39. The van der Waals surface area contributed by atoms with Crippen molar-refractivity contribution in [3.8, 4) is 17.1 Å². The van der Waals surface area contributed by atoms with E-state index < -0.39 is 0 Å². The molecule has 1 aliphatic rings. The van der Waals surface area contributed by atoms with Crippen molar-refractivity contribution >= 4 is 23.2 Å². The molecular formula is C29H29ClN4O3. The van der Waals surface area contributed by atoms with Crippen molar-refractivity contribution in [1.82, 2.24) is 15.0 Å². The summed E-state index contributed by atoms with van der Waals surface area (Å²) in [6, 6.07) is 25.2. The van der Waals surface area contributed by atoms with Crippen LogP contribution < -0.4 is 10.1 Å². The molecule has 0 spiro atoms. The molecule has 1 fully saturated rings. The quantitative estimate of drug-likeness (QED) is 0.300. The number of hydrogen-bond donors (Lipinski definition) is 1. The number of amides is 1. The Morgan fingerprint density at radius 3 is 2.81 bits per heavy atom. The number of piperidine rings is 1. The number of anilines is 1. The maximum absolute atomic E-state index is 13.1. The van der Waals surface area contributed by atoms with E-state index in [4.69, 9.17) is 20.9 Å². The van der Waals surface area contributed by atoms with Crippen molar-refractivity contribution < 1.29 is 14.1 Å². The molecule has 7 nitrogen and oxygen atoms in total. The summed E-state index contributed by atoms with van der Waals surface area (Å²) in [4.78, 5) is 19.8.